The Bertz CT molecular complexity index is 1340. The maximum atomic E-state index is 7.22. The molecular weight excluding hydrogens is 370 g/mol. The van der Waals surface area contributed by atoms with Gasteiger partial charge in [-0.25, -0.2) is 4.85 Å². The van der Waals surface area contributed by atoms with Gasteiger partial charge in [0.1, 0.15) is 0 Å². The Balaban J connectivity index is 1.81. The van der Waals surface area contributed by atoms with Crippen molar-refractivity contribution in [1.82, 2.24) is 19.5 Å². The van der Waals surface area contributed by atoms with Crippen LogP contribution in [0, 0.1) is 6.57 Å². The fourth-order valence-electron chi connectivity index (χ4n) is 3.42. The van der Waals surface area contributed by atoms with Crippen LogP contribution >= 0.6 is 11.6 Å². The van der Waals surface area contributed by atoms with Gasteiger partial charge in [-0.3, -0.25) is 4.57 Å². The van der Waals surface area contributed by atoms with Gasteiger partial charge in [-0.15, -0.1) is 0 Å². The number of aromatic nitrogens is 4. The highest BCUT2D eigenvalue weighted by atomic mass is 35.5. The molecule has 5 rings (SSSR count). The summed E-state index contributed by atoms with van der Waals surface area (Å²) in [7, 11) is 0. The second-order valence-corrected chi connectivity index (χ2v) is 6.60. The fraction of sp³-hybridized carbons (Fsp3) is 0. The van der Waals surface area contributed by atoms with Crippen LogP contribution in [0.5, 0.6) is 0 Å². The van der Waals surface area contributed by atoms with Gasteiger partial charge in [0.25, 0.3) is 0 Å². The molecule has 0 aliphatic heterocycles. The van der Waals surface area contributed by atoms with Gasteiger partial charge in [0.2, 0.25) is 11.2 Å². The molecule has 0 unspecified atom stereocenters. The zero-order valence-corrected chi connectivity index (χ0v) is 15.3. The van der Waals surface area contributed by atoms with E-state index in [9.17, 15) is 0 Å². The van der Waals surface area contributed by atoms with Crippen molar-refractivity contribution in [3.63, 3.8) is 0 Å². The molecule has 0 aliphatic rings. The number of benzene rings is 3. The van der Waals surface area contributed by atoms with Crippen molar-refractivity contribution in [1.29, 1.82) is 0 Å². The number of rotatable bonds is 2. The lowest BCUT2D eigenvalue weighted by Gasteiger charge is -2.08. The van der Waals surface area contributed by atoms with E-state index in [2.05, 4.69) is 31.9 Å². The summed E-state index contributed by atoms with van der Waals surface area (Å²) in [6, 6.07) is 23.4. The van der Waals surface area contributed by atoms with Crippen LogP contribution in [-0.2, 0) is 0 Å². The molecule has 0 fully saturated rings. The summed E-state index contributed by atoms with van der Waals surface area (Å²) in [5, 5.41) is 2.34. The molecular formula is C22H12ClN5. The minimum atomic E-state index is 0.107. The predicted octanol–water partition coefficient (Wildman–Crippen LogP) is 5.84. The van der Waals surface area contributed by atoms with Crippen LogP contribution in [0.15, 0.2) is 72.8 Å². The summed E-state index contributed by atoms with van der Waals surface area (Å²) in [5.41, 5.74) is 3.23. The first-order valence-electron chi connectivity index (χ1n) is 8.62. The van der Waals surface area contributed by atoms with Gasteiger partial charge in [-0.05, 0) is 29.8 Å². The van der Waals surface area contributed by atoms with Gasteiger partial charge >= 0.3 is 0 Å². The van der Waals surface area contributed by atoms with E-state index in [-0.39, 0.29) is 5.28 Å². The van der Waals surface area contributed by atoms with E-state index < -0.39 is 0 Å². The quantitative estimate of drug-likeness (QED) is 0.361. The molecule has 2 heterocycles. The highest BCUT2D eigenvalue weighted by Gasteiger charge is 2.16. The van der Waals surface area contributed by atoms with E-state index >= 15 is 0 Å². The van der Waals surface area contributed by atoms with Crippen LogP contribution in [0.25, 0.3) is 44.0 Å². The Kier molecular flexibility index (Phi) is 3.78. The molecule has 5 nitrogen and oxygen atoms in total. The third-order valence-corrected chi connectivity index (χ3v) is 4.78. The average molecular weight is 382 g/mol. The highest BCUT2D eigenvalue weighted by Crippen LogP contribution is 2.31. The van der Waals surface area contributed by atoms with Crippen molar-refractivity contribution >= 4 is 39.1 Å². The lowest BCUT2D eigenvalue weighted by molar-refractivity contribution is 0.947. The van der Waals surface area contributed by atoms with Crippen molar-refractivity contribution in [3.8, 4) is 17.3 Å². The molecule has 0 N–H and O–H groups in total. The second-order valence-electron chi connectivity index (χ2n) is 6.26. The minimum absolute atomic E-state index is 0.107. The van der Waals surface area contributed by atoms with Crippen LogP contribution in [0.1, 0.15) is 0 Å². The van der Waals surface area contributed by atoms with Crippen LogP contribution < -0.4 is 0 Å². The number of halogens is 1. The SMILES string of the molecule is [C-]#[N+]c1cccc(-c2nc(Cl)nc(-n3c4ccccc4c4ccccc43)n2)c1. The van der Waals surface area contributed by atoms with E-state index in [0.29, 0.717) is 17.5 Å². The van der Waals surface area contributed by atoms with Gasteiger partial charge < -0.3 is 0 Å². The van der Waals surface area contributed by atoms with Crippen molar-refractivity contribution in [2.45, 2.75) is 0 Å². The smallest absolute Gasteiger partial charge is 0.239 e. The molecule has 0 aliphatic carbocycles. The van der Waals surface area contributed by atoms with Crippen LogP contribution in [0.4, 0.5) is 5.69 Å². The lowest BCUT2D eigenvalue weighted by atomic mass is 10.2. The largest absolute Gasteiger partial charge is 0.278 e. The van der Waals surface area contributed by atoms with Crippen molar-refractivity contribution in [2.75, 3.05) is 0 Å². The molecule has 0 bridgehead atoms. The Morgan fingerprint density at radius 1 is 0.786 bits per heavy atom. The molecule has 0 amide bonds. The Labute approximate surface area is 165 Å². The van der Waals surface area contributed by atoms with Gasteiger partial charge in [-0.1, -0.05) is 54.6 Å². The first kappa shape index (κ1) is 16.4. The first-order valence-corrected chi connectivity index (χ1v) is 9.00. The van der Waals surface area contributed by atoms with E-state index in [4.69, 9.17) is 18.2 Å². The Morgan fingerprint density at radius 3 is 2.14 bits per heavy atom. The van der Waals surface area contributed by atoms with E-state index in [1.165, 1.54) is 0 Å². The molecule has 3 aromatic carbocycles. The number of hydrogen-bond acceptors (Lipinski definition) is 3. The summed E-state index contributed by atoms with van der Waals surface area (Å²) in [6.07, 6.45) is 0. The monoisotopic (exact) mass is 381 g/mol. The summed E-state index contributed by atoms with van der Waals surface area (Å²) < 4.78 is 1.99. The Morgan fingerprint density at radius 2 is 1.46 bits per heavy atom. The maximum Gasteiger partial charge on any atom is 0.239 e. The fourth-order valence-corrected chi connectivity index (χ4v) is 3.58. The zero-order valence-electron chi connectivity index (χ0n) is 14.5. The van der Waals surface area contributed by atoms with Crippen LogP contribution in [0.2, 0.25) is 5.28 Å². The molecule has 0 saturated carbocycles. The molecule has 6 heteroatoms. The maximum absolute atomic E-state index is 7.22. The molecule has 132 valence electrons. The second kappa shape index (κ2) is 6.45. The topological polar surface area (TPSA) is 48.0 Å². The Hall–Kier alpha value is -3.75. The van der Waals surface area contributed by atoms with E-state index in [1.54, 1.807) is 18.2 Å². The van der Waals surface area contributed by atoms with E-state index in [1.807, 2.05) is 47.0 Å². The van der Waals surface area contributed by atoms with Gasteiger partial charge in [0.05, 0.1) is 17.6 Å². The summed E-state index contributed by atoms with van der Waals surface area (Å²) in [6.45, 7) is 7.22. The molecule has 0 radical (unpaired) electrons. The molecule has 0 saturated heterocycles. The lowest BCUT2D eigenvalue weighted by Crippen LogP contribution is -2.04. The summed E-state index contributed by atoms with van der Waals surface area (Å²) in [4.78, 5) is 16.8. The van der Waals surface area contributed by atoms with Gasteiger partial charge in [0, 0.05) is 16.3 Å². The van der Waals surface area contributed by atoms with Crippen LogP contribution in [0.3, 0.4) is 0 Å². The number of hydrogen-bond donors (Lipinski definition) is 0. The standard InChI is InChI=1S/C22H12ClN5/c1-24-15-8-6-7-14(13-15)20-25-21(23)27-22(26-20)28-18-11-4-2-9-16(18)17-10-3-5-12-19(17)28/h2-13H. The predicted molar refractivity (Wildman–Crippen MR) is 111 cm³/mol. The third kappa shape index (κ3) is 2.59. The van der Waals surface area contributed by atoms with Crippen molar-refractivity contribution < 1.29 is 0 Å². The van der Waals surface area contributed by atoms with Crippen molar-refractivity contribution in [3.05, 3.63) is 89.5 Å². The number of fused-ring (bicyclic) bond motifs is 3. The molecule has 0 spiro atoms. The molecule has 28 heavy (non-hydrogen) atoms. The molecule has 2 aromatic heterocycles. The van der Waals surface area contributed by atoms with Crippen LogP contribution in [-0.4, -0.2) is 19.5 Å². The van der Waals surface area contributed by atoms with Gasteiger partial charge in [0.15, 0.2) is 11.5 Å². The first-order chi connectivity index (χ1) is 13.7. The average Bonchev–Trinajstić information content (AvgIpc) is 3.08. The third-order valence-electron chi connectivity index (χ3n) is 4.61. The number of para-hydroxylation sites is 2. The minimum Gasteiger partial charge on any atom is -0.278 e. The zero-order chi connectivity index (χ0) is 19.1. The highest BCUT2D eigenvalue weighted by molar-refractivity contribution is 6.28. The molecule has 5 aromatic rings. The summed E-state index contributed by atoms with van der Waals surface area (Å²) >= 11 is 6.26. The normalized spacial score (nSPS) is 11.0. The molecule has 0 atom stereocenters. The summed E-state index contributed by atoms with van der Waals surface area (Å²) in [5.74, 6) is 0.878. The number of nitrogens with zero attached hydrogens (tertiary/aromatic N) is 5. The van der Waals surface area contributed by atoms with E-state index in [0.717, 1.165) is 27.4 Å². The van der Waals surface area contributed by atoms with Crippen molar-refractivity contribution in [2.24, 2.45) is 0 Å². The van der Waals surface area contributed by atoms with Gasteiger partial charge in [-0.2, -0.15) is 15.0 Å².